The lowest BCUT2D eigenvalue weighted by Gasteiger charge is -2.09. The molecule has 7 heteroatoms. The molecular weight excluding hydrogens is 310 g/mol. The molecule has 0 spiro atoms. The Morgan fingerprint density at radius 2 is 2.24 bits per heavy atom. The van der Waals surface area contributed by atoms with Crippen LogP contribution in [-0.2, 0) is 4.74 Å². The summed E-state index contributed by atoms with van der Waals surface area (Å²) in [5.41, 5.74) is 0.971. The fourth-order valence-electron chi connectivity index (χ4n) is 1.77. The number of aromatic nitrogens is 3. The van der Waals surface area contributed by atoms with Crippen molar-refractivity contribution in [1.29, 1.82) is 0 Å². The van der Waals surface area contributed by atoms with Crippen LogP contribution in [0, 0.1) is 0 Å². The van der Waals surface area contributed by atoms with E-state index in [1.807, 2.05) is 12.1 Å². The topological polar surface area (TPSA) is 65.0 Å². The van der Waals surface area contributed by atoms with E-state index in [1.54, 1.807) is 13.0 Å². The predicted molar refractivity (Wildman–Crippen MR) is 80.5 cm³/mol. The summed E-state index contributed by atoms with van der Waals surface area (Å²) >= 11 is 7.40. The van der Waals surface area contributed by atoms with Crippen LogP contribution in [-0.4, -0.2) is 20.9 Å². The highest BCUT2D eigenvalue weighted by atomic mass is 35.5. The van der Waals surface area contributed by atoms with E-state index in [2.05, 4.69) is 15.0 Å². The molecule has 0 amide bonds. The van der Waals surface area contributed by atoms with Crippen molar-refractivity contribution in [3.8, 4) is 0 Å². The number of fused-ring (bicyclic) bond motifs is 1. The molecule has 0 aliphatic rings. The Morgan fingerprint density at radius 1 is 1.38 bits per heavy atom. The van der Waals surface area contributed by atoms with Crippen molar-refractivity contribution in [2.75, 3.05) is 0 Å². The molecule has 1 atom stereocenters. The minimum atomic E-state index is -0.520. The summed E-state index contributed by atoms with van der Waals surface area (Å²) in [5, 5.41) is 1.34. The fourth-order valence-corrected chi connectivity index (χ4v) is 2.86. The zero-order valence-corrected chi connectivity index (χ0v) is 12.6. The number of hydrogen-bond acceptors (Lipinski definition) is 6. The van der Waals surface area contributed by atoms with Gasteiger partial charge < -0.3 is 4.74 Å². The number of carbonyl (C=O) groups excluding carboxylic acids is 1. The van der Waals surface area contributed by atoms with Crippen LogP contribution in [0.5, 0.6) is 0 Å². The van der Waals surface area contributed by atoms with Crippen LogP contribution in [0.1, 0.15) is 28.5 Å². The second-order valence-electron chi connectivity index (χ2n) is 4.30. The van der Waals surface area contributed by atoms with E-state index in [1.165, 1.54) is 29.9 Å². The molecule has 5 nitrogen and oxygen atoms in total. The maximum Gasteiger partial charge on any atom is 0.359 e. The molecule has 0 saturated heterocycles. The van der Waals surface area contributed by atoms with Gasteiger partial charge in [-0.2, -0.15) is 0 Å². The lowest BCUT2D eigenvalue weighted by Crippen LogP contribution is -2.10. The van der Waals surface area contributed by atoms with Crippen molar-refractivity contribution in [1.82, 2.24) is 15.0 Å². The van der Waals surface area contributed by atoms with Crippen molar-refractivity contribution < 1.29 is 9.53 Å². The maximum atomic E-state index is 11.9. The molecule has 0 N–H and O–H groups in total. The first-order valence-corrected chi connectivity index (χ1v) is 7.36. The van der Waals surface area contributed by atoms with Crippen molar-refractivity contribution in [3.63, 3.8) is 0 Å². The first-order chi connectivity index (χ1) is 10.1. The number of nitrogens with zero attached hydrogens (tertiary/aromatic N) is 3. The molecule has 0 fully saturated rings. The smallest absolute Gasteiger partial charge is 0.359 e. The average Bonchev–Trinajstić information content (AvgIpc) is 2.91. The zero-order chi connectivity index (χ0) is 14.8. The van der Waals surface area contributed by atoms with Crippen LogP contribution < -0.4 is 0 Å². The van der Waals surface area contributed by atoms with E-state index >= 15 is 0 Å². The Morgan fingerprint density at radius 3 is 3.00 bits per heavy atom. The molecule has 2 aromatic heterocycles. The number of thiazole rings is 1. The third-order valence-corrected chi connectivity index (χ3v) is 4.20. The summed E-state index contributed by atoms with van der Waals surface area (Å²) < 4.78 is 6.35. The fraction of sp³-hybridized carbons (Fsp3) is 0.143. The number of carbonyl (C=O) groups is 1. The number of hydrogen-bond donors (Lipinski definition) is 0. The monoisotopic (exact) mass is 319 g/mol. The third kappa shape index (κ3) is 3.01. The van der Waals surface area contributed by atoms with Crippen molar-refractivity contribution in [2.45, 2.75) is 13.0 Å². The summed E-state index contributed by atoms with van der Waals surface area (Å²) in [6, 6.07) is 5.49. The minimum Gasteiger partial charge on any atom is -0.450 e. The number of ether oxygens (including phenoxy) is 1. The molecule has 21 heavy (non-hydrogen) atoms. The van der Waals surface area contributed by atoms with Gasteiger partial charge >= 0.3 is 5.97 Å². The first-order valence-electron chi connectivity index (χ1n) is 6.16. The van der Waals surface area contributed by atoms with Gasteiger partial charge in [0.15, 0.2) is 11.8 Å². The number of halogens is 1. The Kier molecular flexibility index (Phi) is 3.81. The molecule has 106 valence electrons. The van der Waals surface area contributed by atoms with Gasteiger partial charge in [-0.05, 0) is 25.1 Å². The summed E-state index contributed by atoms with van der Waals surface area (Å²) in [7, 11) is 0. The highest BCUT2D eigenvalue weighted by molar-refractivity contribution is 7.18. The summed E-state index contributed by atoms with van der Waals surface area (Å²) in [4.78, 5) is 24.1. The van der Waals surface area contributed by atoms with Gasteiger partial charge in [0.25, 0.3) is 0 Å². The number of esters is 1. The number of rotatable bonds is 3. The van der Waals surface area contributed by atoms with Crippen LogP contribution in [0.4, 0.5) is 0 Å². The van der Waals surface area contributed by atoms with Crippen LogP contribution in [0.3, 0.4) is 0 Å². The summed E-state index contributed by atoms with van der Waals surface area (Å²) in [6.07, 6.45) is 3.85. The molecule has 1 aromatic carbocycles. The largest absolute Gasteiger partial charge is 0.450 e. The van der Waals surface area contributed by atoms with Crippen LogP contribution in [0.15, 0.2) is 36.8 Å². The molecule has 0 saturated carbocycles. The van der Waals surface area contributed by atoms with Crippen molar-refractivity contribution in [3.05, 3.63) is 52.5 Å². The third-order valence-electron chi connectivity index (χ3n) is 2.77. The van der Waals surface area contributed by atoms with Crippen molar-refractivity contribution >= 4 is 39.1 Å². The quantitative estimate of drug-likeness (QED) is 0.689. The Bertz CT molecular complexity index is 791. The van der Waals surface area contributed by atoms with Gasteiger partial charge in [0, 0.05) is 17.4 Å². The second-order valence-corrected chi connectivity index (χ2v) is 5.80. The highest BCUT2D eigenvalue weighted by Gasteiger charge is 2.18. The average molecular weight is 320 g/mol. The molecule has 0 aliphatic carbocycles. The minimum absolute atomic E-state index is 0.175. The van der Waals surface area contributed by atoms with Gasteiger partial charge in [-0.25, -0.2) is 14.8 Å². The van der Waals surface area contributed by atoms with E-state index in [9.17, 15) is 4.79 Å². The van der Waals surface area contributed by atoms with Crippen LogP contribution >= 0.6 is 22.9 Å². The van der Waals surface area contributed by atoms with Gasteiger partial charge in [0.05, 0.1) is 16.4 Å². The molecule has 3 rings (SSSR count). The molecule has 3 aromatic rings. The second kappa shape index (κ2) is 5.75. The molecule has 0 aliphatic heterocycles. The van der Waals surface area contributed by atoms with E-state index < -0.39 is 12.1 Å². The van der Waals surface area contributed by atoms with Crippen molar-refractivity contribution in [2.24, 2.45) is 0 Å². The van der Waals surface area contributed by atoms with E-state index in [0.29, 0.717) is 10.0 Å². The van der Waals surface area contributed by atoms with Gasteiger partial charge in [0.2, 0.25) is 0 Å². The Labute approximate surface area is 129 Å². The molecule has 0 unspecified atom stereocenters. The standard InChI is InChI=1S/C14H10ClN3O2S/c1-8(20-14(19)11-7-16-4-5-17-11)13-18-10-6-9(15)2-3-12(10)21-13/h2-8H,1H3/t8-/m1/s1. The molecule has 0 bridgehead atoms. The zero-order valence-electron chi connectivity index (χ0n) is 11.0. The highest BCUT2D eigenvalue weighted by Crippen LogP contribution is 2.30. The van der Waals surface area contributed by atoms with E-state index in [0.717, 1.165) is 10.2 Å². The van der Waals surface area contributed by atoms with Gasteiger partial charge in [0.1, 0.15) is 5.01 Å². The van der Waals surface area contributed by atoms with Gasteiger partial charge in [-0.1, -0.05) is 11.6 Å². The maximum absolute atomic E-state index is 11.9. The summed E-state index contributed by atoms with van der Waals surface area (Å²) in [6.45, 7) is 1.77. The Balaban J connectivity index is 1.80. The Hall–Kier alpha value is -2.05. The molecular formula is C14H10ClN3O2S. The summed E-state index contributed by atoms with van der Waals surface area (Å²) in [5.74, 6) is -0.520. The van der Waals surface area contributed by atoms with Crippen LogP contribution in [0.25, 0.3) is 10.2 Å². The van der Waals surface area contributed by atoms with E-state index in [4.69, 9.17) is 16.3 Å². The van der Waals surface area contributed by atoms with Gasteiger partial charge in [-0.15, -0.1) is 11.3 Å². The normalized spacial score (nSPS) is 12.3. The molecule has 2 heterocycles. The van der Waals surface area contributed by atoms with E-state index in [-0.39, 0.29) is 5.69 Å². The lowest BCUT2D eigenvalue weighted by molar-refractivity contribution is 0.0330. The number of benzene rings is 1. The predicted octanol–water partition coefficient (Wildman–Crippen LogP) is 3.66. The SMILES string of the molecule is C[C@@H](OC(=O)c1cnccn1)c1nc2cc(Cl)ccc2s1. The van der Waals surface area contributed by atoms with Gasteiger partial charge in [-0.3, -0.25) is 4.98 Å². The first kappa shape index (κ1) is 13.9. The lowest BCUT2D eigenvalue weighted by atomic mass is 10.3. The van der Waals surface area contributed by atoms with Crippen LogP contribution in [0.2, 0.25) is 5.02 Å². The molecule has 0 radical (unpaired) electrons.